The molecule has 4 aliphatic rings. The van der Waals surface area contributed by atoms with Crippen LogP contribution >= 0.6 is 35.7 Å². The number of aromatic nitrogens is 1. The lowest BCUT2D eigenvalue weighted by molar-refractivity contribution is 0.0687. The average molecular weight is 1110 g/mol. The van der Waals surface area contributed by atoms with Gasteiger partial charge in [-0.2, -0.15) is 10.5 Å². The third-order valence-corrected chi connectivity index (χ3v) is 19.8. The zero-order chi connectivity index (χ0) is 56.2. The second-order valence-corrected chi connectivity index (χ2v) is 26.1. The molecule has 7 aromatic carbocycles. The highest BCUT2D eigenvalue weighted by molar-refractivity contribution is 8.47. The molecular formula is C72H59N3O3S3. The van der Waals surface area contributed by atoms with Crippen molar-refractivity contribution in [3.63, 3.8) is 0 Å². The Morgan fingerprint density at radius 1 is 0.741 bits per heavy atom. The summed E-state index contributed by atoms with van der Waals surface area (Å²) in [5.74, 6) is 0.105. The molecule has 0 amide bonds. The monoisotopic (exact) mass is 1110 g/mol. The van der Waals surface area contributed by atoms with Crippen molar-refractivity contribution in [1.29, 1.82) is 10.5 Å². The minimum absolute atomic E-state index is 0.0422. The van der Waals surface area contributed by atoms with Crippen LogP contribution < -0.4 is 4.74 Å². The molecule has 1 heterocycles. The number of nitriles is 2. The molecule has 9 heteroatoms. The van der Waals surface area contributed by atoms with E-state index in [1.165, 1.54) is 107 Å². The number of rotatable bonds is 15. The number of pyridine rings is 1. The van der Waals surface area contributed by atoms with Crippen LogP contribution in [-0.2, 0) is 5.41 Å². The Hall–Kier alpha value is -8.05. The van der Waals surface area contributed by atoms with E-state index in [4.69, 9.17) is 17.0 Å². The lowest BCUT2D eigenvalue weighted by atomic mass is 9.74. The van der Waals surface area contributed by atoms with Gasteiger partial charge in [-0.1, -0.05) is 177 Å². The van der Waals surface area contributed by atoms with Crippen LogP contribution in [-0.4, -0.2) is 31.1 Å². The van der Waals surface area contributed by atoms with Gasteiger partial charge in [0, 0.05) is 23.4 Å². The molecule has 0 fully saturated rings. The van der Waals surface area contributed by atoms with E-state index >= 15 is 0 Å². The number of thiocarbonyl (C=S) groups is 1. The Bertz CT molecular complexity index is 4080. The molecule has 6 nitrogen and oxygen atoms in total. The van der Waals surface area contributed by atoms with E-state index in [1.807, 2.05) is 44.4 Å². The number of benzene rings is 7. The maximum atomic E-state index is 11.9. The molecule has 81 heavy (non-hydrogen) atoms. The molecule has 0 aliphatic heterocycles. The van der Waals surface area contributed by atoms with Crippen molar-refractivity contribution in [2.75, 3.05) is 6.26 Å². The third kappa shape index (κ3) is 10.3. The molecule has 1 aromatic heterocycles. The Morgan fingerprint density at radius 2 is 1.37 bits per heavy atom. The summed E-state index contributed by atoms with van der Waals surface area (Å²) >= 11 is 8.54. The van der Waals surface area contributed by atoms with E-state index in [9.17, 15) is 20.4 Å². The van der Waals surface area contributed by atoms with Crippen LogP contribution in [0.3, 0.4) is 0 Å². The summed E-state index contributed by atoms with van der Waals surface area (Å²) in [6, 6.07) is 61.4. The molecule has 0 spiro atoms. The molecule has 8 aromatic rings. The number of carboxylic acid groups (broad SMARTS) is 1. The van der Waals surface area contributed by atoms with E-state index in [1.54, 1.807) is 12.1 Å². The van der Waals surface area contributed by atoms with Crippen LogP contribution in [0.4, 0.5) is 0 Å². The van der Waals surface area contributed by atoms with Crippen molar-refractivity contribution in [1.82, 2.24) is 4.98 Å². The number of nitrogens with zero attached hydrogens (tertiary/aromatic N) is 3. The zero-order valence-corrected chi connectivity index (χ0v) is 48.3. The normalized spacial score (nSPS) is 17.2. The number of carbonyl (C=O) groups is 1. The van der Waals surface area contributed by atoms with Gasteiger partial charge < -0.3 is 9.84 Å². The molecule has 0 radical (unpaired) electrons. The van der Waals surface area contributed by atoms with Gasteiger partial charge in [0.1, 0.15) is 9.28 Å². The highest BCUT2D eigenvalue weighted by atomic mass is 32.2. The molecular weight excluding hydrogens is 1050 g/mol. The summed E-state index contributed by atoms with van der Waals surface area (Å²) in [6.45, 7) is 8.62. The predicted molar refractivity (Wildman–Crippen MR) is 338 cm³/mol. The van der Waals surface area contributed by atoms with E-state index < -0.39 is 11.4 Å². The smallest absolute Gasteiger partial charge is 0.358 e. The fourth-order valence-electron chi connectivity index (χ4n) is 13.0. The minimum atomic E-state index is -1.17. The predicted octanol–water partition coefficient (Wildman–Crippen LogP) is 18.9. The number of ether oxygens (including phenoxy) is 1. The van der Waals surface area contributed by atoms with Gasteiger partial charge in [-0.25, -0.2) is 9.78 Å². The fourth-order valence-corrected chi connectivity index (χ4v) is 14.7. The number of carboxylic acids is 1. The van der Waals surface area contributed by atoms with Gasteiger partial charge in [0.25, 0.3) is 0 Å². The van der Waals surface area contributed by atoms with E-state index in [2.05, 4.69) is 183 Å². The SMILES string of the molecule is CSC(=S)SC(C#N)CC(CC(CC(C)(C)C#N)c1ccc(Oc2cccnc2C(=O)O)cc1)c1ccc(-c2ccc3c(c2)C(C)(C)c2cc(-c4ccc5cc(C6=C7C=CC=C8c9ccccc9C(C=C6)C87)ccc5c4)ccc2-3)cc1. The minimum Gasteiger partial charge on any atom is -0.476 e. The van der Waals surface area contributed by atoms with Gasteiger partial charge in [0.15, 0.2) is 11.4 Å². The zero-order valence-electron chi connectivity index (χ0n) is 45.8. The summed E-state index contributed by atoms with van der Waals surface area (Å²) in [5.41, 5.74) is 19.2. The van der Waals surface area contributed by atoms with E-state index in [0.29, 0.717) is 36.8 Å². The topological polar surface area (TPSA) is 107 Å². The summed E-state index contributed by atoms with van der Waals surface area (Å²) in [5, 5.41) is 32.6. The highest BCUT2D eigenvalue weighted by Gasteiger charge is 2.41. The molecule has 0 bridgehead atoms. The van der Waals surface area contributed by atoms with Gasteiger partial charge in [0.2, 0.25) is 0 Å². The molecule has 5 atom stereocenters. The molecule has 0 saturated heterocycles. The Kier molecular flexibility index (Phi) is 14.4. The van der Waals surface area contributed by atoms with Crippen molar-refractivity contribution in [3.05, 3.63) is 245 Å². The number of thioether (sulfide) groups is 2. The standard InChI is InChI=1S/C72H59N3O3S3/c1-71(2,42-74)40-53(45-23-27-54(28-24-45)78-66-14-9-33-75-68(66)69(76)77)36-52(37-55(41-73)81-70(79)80-5)44-17-15-43(16-18-44)49-25-29-59-60-30-26-50(39-65(60)72(3,4)64(59)38-49)47-19-20-48-35-51(22-21-46(48)34-47)56-31-32-63-58-11-7-6-10-57(58)62-13-8-12-61(56)67(62)63/h6-35,38-39,52-53,55,63,67H,36-37,40H2,1-5H3,(H,76,77). The summed E-state index contributed by atoms with van der Waals surface area (Å²) < 4.78 is 6.74. The average Bonchev–Trinajstić information content (AvgIpc) is 4.20. The van der Waals surface area contributed by atoms with Gasteiger partial charge in [-0.15, -0.1) is 11.8 Å². The number of allylic oxidation sites excluding steroid dienone is 8. The number of hydrogen-bond acceptors (Lipinski definition) is 8. The van der Waals surface area contributed by atoms with Crippen LogP contribution in [0.15, 0.2) is 200 Å². The van der Waals surface area contributed by atoms with E-state index in [-0.39, 0.29) is 33.9 Å². The fraction of sp³-hybridized carbons (Fsp3) is 0.208. The first-order valence-electron chi connectivity index (χ1n) is 27.6. The van der Waals surface area contributed by atoms with Crippen molar-refractivity contribution in [2.24, 2.45) is 11.3 Å². The Morgan fingerprint density at radius 3 is 2.06 bits per heavy atom. The number of hydrogen-bond donors (Lipinski definition) is 1. The summed E-state index contributed by atoms with van der Waals surface area (Å²) in [6.07, 6.45) is 16.8. The largest absolute Gasteiger partial charge is 0.476 e. The number of fused-ring (bicyclic) bond motifs is 7. The van der Waals surface area contributed by atoms with Crippen LogP contribution in [0.5, 0.6) is 11.5 Å². The molecule has 398 valence electrons. The third-order valence-electron chi connectivity index (χ3n) is 17.1. The van der Waals surface area contributed by atoms with Crippen LogP contribution in [0, 0.1) is 34.0 Å². The van der Waals surface area contributed by atoms with Crippen molar-refractivity contribution < 1.29 is 14.6 Å². The van der Waals surface area contributed by atoms with Gasteiger partial charge in [0.05, 0.1) is 22.8 Å². The molecule has 12 rings (SSSR count). The lowest BCUT2D eigenvalue weighted by Gasteiger charge is -2.29. The first kappa shape index (κ1) is 53.6. The van der Waals surface area contributed by atoms with Crippen molar-refractivity contribution in [3.8, 4) is 57.0 Å². The second kappa shape index (κ2) is 21.8. The molecule has 5 unspecified atom stereocenters. The van der Waals surface area contributed by atoms with Gasteiger partial charge in [-0.3, -0.25) is 0 Å². The van der Waals surface area contributed by atoms with Crippen molar-refractivity contribution >= 4 is 67.2 Å². The summed E-state index contributed by atoms with van der Waals surface area (Å²) in [4.78, 5) is 15.8. The van der Waals surface area contributed by atoms with Crippen LogP contribution in [0.2, 0.25) is 0 Å². The summed E-state index contributed by atoms with van der Waals surface area (Å²) in [7, 11) is 0. The second-order valence-electron chi connectivity index (χ2n) is 22.9. The van der Waals surface area contributed by atoms with Gasteiger partial charge in [-0.05, 0) is 200 Å². The molecule has 4 aliphatic carbocycles. The maximum absolute atomic E-state index is 11.9. The first-order valence-corrected chi connectivity index (χ1v) is 30.1. The quantitative estimate of drug-likeness (QED) is 0.100. The lowest BCUT2D eigenvalue weighted by Crippen LogP contribution is -2.18. The first-order chi connectivity index (χ1) is 39.2. The van der Waals surface area contributed by atoms with Gasteiger partial charge >= 0.3 is 5.97 Å². The molecule has 1 N–H and O–H groups in total. The number of aromatic carboxylic acids is 1. The van der Waals surface area contributed by atoms with Crippen LogP contribution in [0.25, 0.3) is 55.3 Å². The maximum Gasteiger partial charge on any atom is 0.358 e. The van der Waals surface area contributed by atoms with Crippen molar-refractivity contribution in [2.45, 2.75) is 75.4 Å². The highest BCUT2D eigenvalue weighted by Crippen LogP contribution is 2.56. The molecule has 0 saturated carbocycles. The Balaban J connectivity index is 0.794. The van der Waals surface area contributed by atoms with E-state index in [0.717, 1.165) is 25.8 Å². The Labute approximate surface area is 488 Å². The van der Waals surface area contributed by atoms with Crippen LogP contribution in [0.1, 0.15) is 114 Å².